The summed E-state index contributed by atoms with van der Waals surface area (Å²) < 4.78 is 76.6. The smallest absolute Gasteiger partial charge is 0.0645 e. The first kappa shape index (κ1) is 1.45. The van der Waals surface area contributed by atoms with Crippen LogP contribution in [0.3, 0.4) is 0 Å². The maximum absolute atomic E-state index is 7.83. The van der Waals surface area contributed by atoms with Crippen LogP contribution in [0.4, 0.5) is 5.69 Å². The second kappa shape index (κ2) is 2.33. The van der Waals surface area contributed by atoms with E-state index in [9.17, 15) is 0 Å². The normalized spacial score (nSPS) is 45.2. The lowest BCUT2D eigenvalue weighted by molar-refractivity contribution is 0.830. The van der Waals surface area contributed by atoms with Crippen LogP contribution in [0.15, 0.2) is 24.2 Å². The molecule has 1 heterocycles. The third-order valence-corrected chi connectivity index (χ3v) is 1.12. The average Bonchev–Trinajstić information content (AvgIpc) is 2.31. The second-order valence-corrected chi connectivity index (χ2v) is 1.75. The molecule has 1 N–H and O–H groups in total. The zero-order chi connectivity index (χ0) is 15.7. The molecule has 1 nitrogen and oxygen atoms in total. The molecule has 10 heavy (non-hydrogen) atoms. The molecule has 0 spiro atoms. The lowest BCUT2D eigenvalue weighted by Crippen LogP contribution is -2.10. The highest BCUT2D eigenvalue weighted by Crippen LogP contribution is 2.19. The highest BCUT2D eigenvalue weighted by Gasteiger charge is 2.04. The van der Waals surface area contributed by atoms with E-state index < -0.39 is 54.7 Å². The Bertz CT molecular complexity index is 593. The molecule has 2 rings (SSSR count). The summed E-state index contributed by atoms with van der Waals surface area (Å²) in [5.41, 5.74) is -1.04. The number of anilines is 1. The van der Waals surface area contributed by atoms with Crippen molar-refractivity contribution in [1.82, 2.24) is 0 Å². The van der Waals surface area contributed by atoms with E-state index in [1.54, 1.807) is 0 Å². The molecule has 1 aromatic rings. The van der Waals surface area contributed by atoms with Crippen LogP contribution < -0.4 is 5.32 Å². The van der Waals surface area contributed by atoms with E-state index in [4.69, 9.17) is 13.7 Å². The first-order chi connectivity index (χ1) is 8.86. The quantitative estimate of drug-likeness (QED) is 0.586. The third kappa shape index (κ3) is 0.878. The summed E-state index contributed by atoms with van der Waals surface area (Å²) in [6, 6.07) is -2.64. The van der Waals surface area contributed by atoms with Gasteiger partial charge in [-0.3, -0.25) is 0 Å². The van der Waals surface area contributed by atoms with E-state index >= 15 is 0 Å². The number of nitrogens with one attached hydrogen (secondary N) is 1. The Morgan fingerprint density at radius 2 is 2.40 bits per heavy atom. The number of para-hydroxylation sites is 1. The highest BCUT2D eigenvalue weighted by atomic mass is 14.9. The monoisotopic (exact) mass is 143 g/mol. The molecule has 1 heteroatoms. The van der Waals surface area contributed by atoms with E-state index in [1.165, 1.54) is 0 Å². The number of fused-ring (bicyclic) bond motifs is 1. The van der Waals surface area contributed by atoms with Gasteiger partial charge in [0, 0.05) is 20.4 Å². The Labute approximate surface area is 75.1 Å². The summed E-state index contributed by atoms with van der Waals surface area (Å²) in [7, 11) is 0. The Kier molecular flexibility index (Phi) is 0.337. The molecule has 0 bridgehead atoms. The molecule has 0 radical (unpaired) electrons. The largest absolute Gasteiger partial charge is 0.385 e. The van der Waals surface area contributed by atoms with Crippen molar-refractivity contribution in [2.24, 2.45) is 0 Å². The van der Waals surface area contributed by atoms with E-state index in [2.05, 4.69) is 5.32 Å². The van der Waals surface area contributed by atoms with Gasteiger partial charge in [0.1, 0.15) is 0 Å². The fourth-order valence-electron chi connectivity index (χ4n) is 0.688. The molecule has 0 saturated heterocycles. The molecule has 0 aromatic heterocycles. The van der Waals surface area contributed by atoms with Gasteiger partial charge >= 0.3 is 0 Å². The van der Waals surface area contributed by atoms with Crippen molar-refractivity contribution in [1.29, 1.82) is 0 Å². The van der Waals surface area contributed by atoms with Gasteiger partial charge in [0.2, 0.25) is 0 Å². The van der Waals surface area contributed by atoms with Gasteiger partial charge in [-0.25, -0.2) is 0 Å². The summed E-state index contributed by atoms with van der Waals surface area (Å²) in [4.78, 5) is 0. The number of hydrogen-bond donors (Lipinski definition) is 1. The van der Waals surface area contributed by atoms with Crippen molar-refractivity contribution in [3.05, 3.63) is 29.7 Å². The van der Waals surface area contributed by atoms with Crippen LogP contribution in [-0.2, 0) is 6.37 Å². The molecular weight excluding hydrogens is 122 g/mol. The van der Waals surface area contributed by atoms with Gasteiger partial charge in [-0.1, -0.05) is 18.1 Å². The van der Waals surface area contributed by atoms with Gasteiger partial charge < -0.3 is 5.32 Å². The third-order valence-electron chi connectivity index (χ3n) is 1.12. The first-order valence-electron chi connectivity index (χ1n) is 7.75. The lowest BCUT2D eigenvalue weighted by Gasteiger charge is -2.16. The summed E-state index contributed by atoms with van der Waals surface area (Å²) in [6.07, 6.45) is -5.92. The van der Waals surface area contributed by atoms with Gasteiger partial charge in [-0.15, -0.1) is 0 Å². The van der Waals surface area contributed by atoms with Crippen molar-refractivity contribution in [2.45, 2.75) is 12.7 Å². The summed E-state index contributed by atoms with van der Waals surface area (Å²) in [5.74, 6) is 0. The van der Waals surface area contributed by atoms with Crippen LogP contribution in [0.5, 0.6) is 0 Å². The Hall–Kier alpha value is -0.980. The topological polar surface area (TPSA) is 12.0 Å². The van der Waals surface area contributed by atoms with Crippen molar-refractivity contribution >= 4 is 5.69 Å². The fourth-order valence-corrected chi connectivity index (χ4v) is 0.688. The van der Waals surface area contributed by atoms with E-state index in [0.29, 0.717) is 0 Å². The molecule has 0 saturated carbocycles. The van der Waals surface area contributed by atoms with Gasteiger partial charge in [-0.05, 0) is 24.4 Å². The lowest BCUT2D eigenvalue weighted by atomic mass is 10.0. The van der Waals surface area contributed by atoms with Crippen molar-refractivity contribution < 1.29 is 13.7 Å². The summed E-state index contributed by atoms with van der Waals surface area (Å²) in [5, 5.41) is 2.07. The van der Waals surface area contributed by atoms with Crippen molar-refractivity contribution in [3.8, 4) is 0 Å². The van der Waals surface area contributed by atoms with Gasteiger partial charge in [0.15, 0.2) is 0 Å². The van der Waals surface area contributed by atoms with Crippen LogP contribution in [0.2, 0.25) is 0 Å². The number of benzene rings is 1. The molecule has 0 atom stereocenters. The first-order valence-corrected chi connectivity index (χ1v) is 2.75. The minimum absolute atomic E-state index is 0.443. The second-order valence-electron chi connectivity index (χ2n) is 1.75. The standard InChI is InChI=1S/C9H11N/c1-2-6-9-8(4-1)5-3-7-10-9/h1-2,4,6,10H,3,5,7H2/i1D,2D,3D2,4D,5D2,6D,7D2. The number of rotatable bonds is 0. The van der Waals surface area contributed by atoms with Gasteiger partial charge in [0.05, 0.1) is 5.48 Å². The minimum atomic E-state index is -3.01. The zero-order valence-electron chi connectivity index (χ0n) is 15.0. The molecule has 0 fully saturated rings. The molecule has 0 unspecified atom stereocenters. The SMILES string of the molecule is [2H]c1c([2H])c([2H])c2c(c1[2H])NC([2H])([2H])C([2H])([2H])C2([2H])[2H]. The molecule has 0 aliphatic carbocycles. The van der Waals surface area contributed by atoms with Gasteiger partial charge in [0.25, 0.3) is 0 Å². The molecule has 52 valence electrons. The van der Waals surface area contributed by atoms with Crippen LogP contribution >= 0.6 is 0 Å². The Morgan fingerprint density at radius 3 is 3.40 bits per heavy atom. The summed E-state index contributed by atoms with van der Waals surface area (Å²) in [6.45, 7) is -2.82. The van der Waals surface area contributed by atoms with E-state index in [0.717, 1.165) is 0 Å². The molecular formula is C9H11N. The van der Waals surface area contributed by atoms with Crippen LogP contribution in [-0.4, -0.2) is 6.50 Å². The van der Waals surface area contributed by atoms with Crippen molar-refractivity contribution in [3.63, 3.8) is 0 Å². The maximum Gasteiger partial charge on any atom is 0.0645 e. The molecule has 1 aliphatic heterocycles. The van der Waals surface area contributed by atoms with Crippen LogP contribution in [0, 0.1) is 0 Å². The Balaban J connectivity index is 2.92. The fraction of sp³-hybridized carbons (Fsp3) is 0.333. The number of hydrogen-bond acceptors (Lipinski definition) is 1. The van der Waals surface area contributed by atoms with Crippen molar-refractivity contribution in [2.75, 3.05) is 11.8 Å². The molecule has 0 amide bonds. The Morgan fingerprint density at radius 1 is 1.50 bits per heavy atom. The van der Waals surface area contributed by atoms with Gasteiger partial charge in [-0.2, -0.15) is 0 Å². The molecule has 1 aromatic carbocycles. The zero-order valence-corrected chi connectivity index (χ0v) is 5.00. The molecule has 1 aliphatic rings. The predicted molar refractivity (Wildman–Crippen MR) is 43.3 cm³/mol. The summed E-state index contributed by atoms with van der Waals surface area (Å²) >= 11 is 0. The highest BCUT2D eigenvalue weighted by molar-refractivity contribution is 5.52. The van der Waals surface area contributed by atoms with E-state index in [-0.39, 0.29) is 0 Å². The minimum Gasteiger partial charge on any atom is -0.385 e. The van der Waals surface area contributed by atoms with E-state index in [1.807, 2.05) is 0 Å². The van der Waals surface area contributed by atoms with Crippen LogP contribution in [0.25, 0.3) is 0 Å². The predicted octanol–water partition coefficient (Wildman–Crippen LogP) is 2.04. The maximum atomic E-state index is 7.83. The van der Waals surface area contributed by atoms with Crippen LogP contribution in [0.1, 0.15) is 25.6 Å². The average molecular weight is 143 g/mol.